The molecule has 2 unspecified atom stereocenters. The summed E-state index contributed by atoms with van der Waals surface area (Å²) in [6.45, 7) is 2.07. The molecule has 1 aliphatic carbocycles. The van der Waals surface area contributed by atoms with Crippen molar-refractivity contribution in [2.24, 2.45) is 11.1 Å². The molecule has 33 heavy (non-hydrogen) atoms. The van der Waals surface area contributed by atoms with Gasteiger partial charge < -0.3 is 14.6 Å². The van der Waals surface area contributed by atoms with Gasteiger partial charge in [0.05, 0.1) is 12.9 Å². The average molecular weight is 489 g/mol. The van der Waals surface area contributed by atoms with Gasteiger partial charge in [-0.3, -0.25) is 0 Å². The van der Waals surface area contributed by atoms with Crippen LogP contribution in [0.15, 0.2) is 60.0 Å². The molecule has 0 saturated carbocycles. The van der Waals surface area contributed by atoms with Crippen molar-refractivity contribution in [1.29, 1.82) is 0 Å². The number of sulfonamides is 1. The molecule has 9 heteroatoms. The summed E-state index contributed by atoms with van der Waals surface area (Å²) in [7, 11) is -1.78. The topological polar surface area (TPSA) is 99.2 Å². The van der Waals surface area contributed by atoms with E-state index in [0.29, 0.717) is 31.4 Å². The number of halogens is 1. The molecule has 0 amide bonds. The van der Waals surface area contributed by atoms with Crippen molar-refractivity contribution in [2.75, 3.05) is 20.2 Å². The van der Waals surface area contributed by atoms with Gasteiger partial charge in [0.15, 0.2) is 5.03 Å². The van der Waals surface area contributed by atoms with E-state index in [1.54, 1.807) is 4.57 Å². The molecule has 2 aromatic carbocycles. The van der Waals surface area contributed by atoms with E-state index in [4.69, 9.17) is 21.5 Å². The minimum Gasteiger partial charge on any atom is -0.494 e. The lowest BCUT2D eigenvalue weighted by atomic mass is 9.86. The predicted molar refractivity (Wildman–Crippen MR) is 129 cm³/mol. The van der Waals surface area contributed by atoms with Crippen LogP contribution in [0.4, 0.5) is 0 Å². The molecule has 0 aliphatic heterocycles. The molecule has 7 nitrogen and oxygen atoms in total. The normalized spacial score (nSPS) is 17.8. The lowest BCUT2D eigenvalue weighted by molar-refractivity contribution is 0.301. The number of rotatable bonds is 10. The highest BCUT2D eigenvalue weighted by molar-refractivity contribution is 7.89. The van der Waals surface area contributed by atoms with Gasteiger partial charge in [0.1, 0.15) is 5.75 Å². The summed E-state index contributed by atoms with van der Waals surface area (Å²) in [4.78, 5) is 3.83. The van der Waals surface area contributed by atoms with E-state index in [0.717, 1.165) is 30.2 Å². The van der Waals surface area contributed by atoms with Crippen LogP contribution in [0.3, 0.4) is 0 Å². The molecule has 0 saturated heterocycles. The number of ether oxygens (including phenoxy) is 1. The van der Waals surface area contributed by atoms with Crippen LogP contribution in [0.1, 0.15) is 29.0 Å². The number of fused-ring (bicyclic) bond motifs is 1. The molecule has 3 aromatic rings. The molecule has 0 spiro atoms. The number of nitrogens with two attached hydrogens (primary N) is 1. The Morgan fingerprint density at radius 2 is 2.12 bits per heavy atom. The Hall–Kier alpha value is -2.39. The van der Waals surface area contributed by atoms with Gasteiger partial charge in [0.2, 0.25) is 0 Å². The van der Waals surface area contributed by atoms with E-state index in [-0.39, 0.29) is 5.03 Å². The van der Waals surface area contributed by atoms with Gasteiger partial charge in [0, 0.05) is 17.8 Å². The number of hydrogen-bond acceptors (Lipinski definition) is 5. The van der Waals surface area contributed by atoms with Crippen molar-refractivity contribution in [3.63, 3.8) is 0 Å². The largest absolute Gasteiger partial charge is 0.494 e. The number of primary sulfonamides is 1. The average Bonchev–Trinajstić information content (AvgIpc) is 3.37. The molecule has 2 atom stereocenters. The van der Waals surface area contributed by atoms with Crippen molar-refractivity contribution < 1.29 is 13.2 Å². The lowest BCUT2D eigenvalue weighted by Crippen LogP contribution is -2.23. The fraction of sp³-hybridized carbons (Fsp3) is 0.375. The first kappa shape index (κ1) is 23.8. The van der Waals surface area contributed by atoms with Crippen molar-refractivity contribution in [3.05, 3.63) is 76.7 Å². The number of hydrogen-bond donors (Lipinski definition) is 2. The minimum atomic E-state index is -3.78. The minimum absolute atomic E-state index is 0.121. The van der Waals surface area contributed by atoms with Gasteiger partial charge in [-0.05, 0) is 85.6 Å². The molecule has 3 N–H and O–H groups in total. The number of benzene rings is 2. The summed E-state index contributed by atoms with van der Waals surface area (Å²) in [5.41, 5.74) is 3.97. The summed E-state index contributed by atoms with van der Waals surface area (Å²) in [6, 6.07) is 14.5. The third-order valence-corrected chi connectivity index (χ3v) is 7.14. The molecule has 0 radical (unpaired) electrons. The summed E-state index contributed by atoms with van der Waals surface area (Å²) in [5.74, 6) is 1.77. The molecule has 1 aliphatic rings. The van der Waals surface area contributed by atoms with Crippen LogP contribution in [0.25, 0.3) is 0 Å². The second-order valence-corrected chi connectivity index (χ2v) is 10.5. The Morgan fingerprint density at radius 3 is 2.85 bits per heavy atom. The molecular formula is C24H29ClN4O3S. The van der Waals surface area contributed by atoms with Gasteiger partial charge in [-0.1, -0.05) is 29.8 Å². The standard InChI is InChI=1S/C24H29ClN4O3S/c1-27-14-19-12-18-6-7-21(13-23(18)22(19)11-17-4-2-5-20(25)10-17)32-9-3-8-29-15-24(28-16-29)33(26,30)31/h2,4-7,10,13,15-16,19,22,27H,3,8-9,11-12,14H2,1H3,(H2,26,30,31). The monoisotopic (exact) mass is 488 g/mol. The summed E-state index contributed by atoms with van der Waals surface area (Å²) >= 11 is 6.22. The summed E-state index contributed by atoms with van der Waals surface area (Å²) < 4.78 is 30.4. The van der Waals surface area contributed by atoms with E-state index < -0.39 is 10.0 Å². The van der Waals surface area contributed by atoms with Gasteiger partial charge in [-0.2, -0.15) is 0 Å². The zero-order valence-electron chi connectivity index (χ0n) is 18.6. The SMILES string of the molecule is CNCC1Cc2ccc(OCCCn3cnc(S(N)(=O)=O)c3)cc2C1Cc1cccc(Cl)c1. The maximum atomic E-state index is 11.3. The Morgan fingerprint density at radius 1 is 1.27 bits per heavy atom. The van der Waals surface area contributed by atoms with E-state index in [2.05, 4.69) is 28.5 Å². The van der Waals surface area contributed by atoms with Crippen molar-refractivity contribution >= 4 is 21.6 Å². The molecule has 0 bridgehead atoms. The second-order valence-electron chi connectivity index (χ2n) is 8.52. The Kier molecular flexibility index (Phi) is 7.38. The molecule has 4 rings (SSSR count). The van der Waals surface area contributed by atoms with Crippen molar-refractivity contribution in [1.82, 2.24) is 14.9 Å². The lowest BCUT2D eigenvalue weighted by Gasteiger charge is -2.21. The highest BCUT2D eigenvalue weighted by Gasteiger charge is 2.32. The summed E-state index contributed by atoms with van der Waals surface area (Å²) in [5, 5.41) is 9.09. The number of aryl methyl sites for hydroxylation is 1. The van der Waals surface area contributed by atoms with E-state index in [1.807, 2.05) is 31.3 Å². The van der Waals surface area contributed by atoms with Crippen LogP contribution in [-0.2, 0) is 29.4 Å². The third kappa shape index (κ3) is 5.95. The zero-order valence-corrected chi connectivity index (χ0v) is 20.1. The first-order valence-electron chi connectivity index (χ1n) is 11.0. The van der Waals surface area contributed by atoms with Crippen LogP contribution in [-0.4, -0.2) is 38.2 Å². The molecule has 176 valence electrons. The first-order chi connectivity index (χ1) is 15.8. The predicted octanol–water partition coefficient (Wildman–Crippen LogP) is 3.37. The zero-order chi connectivity index (χ0) is 23.4. The van der Waals surface area contributed by atoms with E-state index in [1.165, 1.54) is 29.2 Å². The van der Waals surface area contributed by atoms with E-state index >= 15 is 0 Å². The maximum Gasteiger partial charge on any atom is 0.257 e. The fourth-order valence-corrected chi connectivity index (χ4v) is 5.28. The van der Waals surface area contributed by atoms with Crippen LogP contribution in [0.5, 0.6) is 5.75 Å². The molecular weight excluding hydrogens is 460 g/mol. The number of imidazole rings is 1. The van der Waals surface area contributed by atoms with Gasteiger partial charge in [-0.15, -0.1) is 0 Å². The van der Waals surface area contributed by atoms with Crippen molar-refractivity contribution in [2.45, 2.75) is 36.8 Å². The highest BCUT2D eigenvalue weighted by Crippen LogP contribution is 2.41. The second kappa shape index (κ2) is 10.3. The smallest absolute Gasteiger partial charge is 0.257 e. The third-order valence-electron chi connectivity index (χ3n) is 6.11. The van der Waals surface area contributed by atoms with Gasteiger partial charge in [-0.25, -0.2) is 18.5 Å². The fourth-order valence-electron chi connectivity index (χ4n) is 4.59. The van der Waals surface area contributed by atoms with Crippen LogP contribution >= 0.6 is 11.6 Å². The van der Waals surface area contributed by atoms with Crippen LogP contribution in [0.2, 0.25) is 5.02 Å². The van der Waals surface area contributed by atoms with Crippen LogP contribution < -0.4 is 15.2 Å². The molecule has 0 fully saturated rings. The first-order valence-corrected chi connectivity index (χ1v) is 12.9. The van der Waals surface area contributed by atoms with Crippen molar-refractivity contribution in [3.8, 4) is 5.75 Å². The van der Waals surface area contributed by atoms with E-state index in [9.17, 15) is 8.42 Å². The van der Waals surface area contributed by atoms with Crippen LogP contribution in [0, 0.1) is 5.92 Å². The maximum absolute atomic E-state index is 11.3. The highest BCUT2D eigenvalue weighted by atomic mass is 35.5. The Labute approximate surface area is 200 Å². The number of nitrogens with zero attached hydrogens (tertiary/aromatic N) is 2. The molecule has 1 heterocycles. The quantitative estimate of drug-likeness (QED) is 0.426. The Bertz CT molecular complexity index is 1210. The summed E-state index contributed by atoms with van der Waals surface area (Å²) in [6.07, 6.45) is 5.61. The Balaban J connectivity index is 1.40. The number of aromatic nitrogens is 2. The molecule has 1 aromatic heterocycles. The number of nitrogens with one attached hydrogen (secondary N) is 1. The van der Waals surface area contributed by atoms with Gasteiger partial charge in [0.25, 0.3) is 10.0 Å². The van der Waals surface area contributed by atoms with Gasteiger partial charge >= 0.3 is 0 Å².